The average Bonchev–Trinajstić information content (AvgIpc) is 3.05. The summed E-state index contributed by atoms with van der Waals surface area (Å²) in [5.41, 5.74) is 2.00. The Bertz CT molecular complexity index is 986. The molecule has 1 heterocycles. The predicted molar refractivity (Wildman–Crippen MR) is 105 cm³/mol. The molecule has 3 rings (SSSR count). The summed E-state index contributed by atoms with van der Waals surface area (Å²) in [7, 11) is 3.73. The maximum atomic E-state index is 13.7. The van der Waals surface area contributed by atoms with Gasteiger partial charge in [-0.3, -0.25) is 9.48 Å². The molecule has 0 fully saturated rings. The molecule has 0 radical (unpaired) electrons. The van der Waals surface area contributed by atoms with Crippen molar-refractivity contribution in [3.8, 4) is 11.1 Å². The van der Waals surface area contributed by atoms with Gasteiger partial charge in [-0.1, -0.05) is 29.8 Å². The highest BCUT2D eigenvalue weighted by Crippen LogP contribution is 2.29. The van der Waals surface area contributed by atoms with Gasteiger partial charge in [-0.25, -0.2) is 8.78 Å². The van der Waals surface area contributed by atoms with Crippen molar-refractivity contribution in [3.63, 3.8) is 0 Å². The van der Waals surface area contributed by atoms with Crippen LogP contribution in [0.3, 0.4) is 0 Å². The first kappa shape index (κ1) is 19.8. The summed E-state index contributed by atoms with van der Waals surface area (Å²) in [6.07, 6.45) is 1.77. The topological polar surface area (TPSA) is 50.2 Å². The van der Waals surface area contributed by atoms with Crippen LogP contribution in [0.1, 0.15) is 5.56 Å². The van der Waals surface area contributed by atoms with Crippen molar-refractivity contribution in [1.82, 2.24) is 15.1 Å². The number of amides is 1. The van der Waals surface area contributed by atoms with E-state index in [4.69, 9.17) is 11.6 Å². The summed E-state index contributed by atoms with van der Waals surface area (Å²) in [6.45, 7) is -0.0615. The molecule has 1 amide bonds. The van der Waals surface area contributed by atoms with E-state index in [0.717, 1.165) is 23.3 Å². The Morgan fingerprint density at radius 1 is 1.18 bits per heavy atom. The molecule has 0 aliphatic rings. The van der Waals surface area contributed by atoms with Crippen molar-refractivity contribution in [3.05, 3.63) is 70.9 Å². The molecule has 5 nitrogen and oxygen atoms in total. The van der Waals surface area contributed by atoms with Crippen LogP contribution in [0.5, 0.6) is 0 Å². The van der Waals surface area contributed by atoms with Gasteiger partial charge in [0.25, 0.3) is 0 Å². The maximum Gasteiger partial charge on any atom is 0.242 e. The van der Waals surface area contributed by atoms with Gasteiger partial charge in [-0.2, -0.15) is 5.10 Å². The quantitative estimate of drug-likeness (QED) is 0.678. The van der Waals surface area contributed by atoms with Crippen LogP contribution in [0.4, 0.5) is 14.6 Å². The molecular weight excluding hydrogens is 386 g/mol. The van der Waals surface area contributed by atoms with Crippen LogP contribution >= 0.6 is 11.6 Å². The number of benzene rings is 2. The molecule has 0 spiro atoms. The van der Waals surface area contributed by atoms with Gasteiger partial charge in [0.05, 0.1) is 0 Å². The maximum absolute atomic E-state index is 13.7. The van der Waals surface area contributed by atoms with Gasteiger partial charge in [0.2, 0.25) is 5.91 Å². The Hall–Kier alpha value is -2.93. The van der Waals surface area contributed by atoms with Crippen LogP contribution in [0.2, 0.25) is 5.02 Å². The van der Waals surface area contributed by atoms with Gasteiger partial charge < -0.3 is 10.2 Å². The molecule has 0 bridgehead atoms. The average molecular weight is 405 g/mol. The molecular formula is C20H19ClF2N4O. The zero-order chi connectivity index (χ0) is 20.3. The van der Waals surface area contributed by atoms with E-state index in [1.165, 1.54) is 10.7 Å². The van der Waals surface area contributed by atoms with Crippen LogP contribution in [-0.4, -0.2) is 29.8 Å². The second kappa shape index (κ2) is 8.39. The Morgan fingerprint density at radius 2 is 1.89 bits per heavy atom. The van der Waals surface area contributed by atoms with E-state index in [2.05, 4.69) is 10.4 Å². The summed E-state index contributed by atoms with van der Waals surface area (Å²) in [5.74, 6) is -0.978. The third-order valence-corrected chi connectivity index (χ3v) is 4.37. The molecule has 0 atom stereocenters. The summed E-state index contributed by atoms with van der Waals surface area (Å²) in [4.78, 5) is 14.1. The monoisotopic (exact) mass is 404 g/mol. The standard InChI is InChI=1S/C20H19ClF2N4O/c1-26(2)20-17(13-3-6-15(21)7-4-13)11-27(25-20)12-19(28)24-10-14-5-8-16(22)9-18(14)23/h3-9,11H,10,12H2,1-2H3,(H,24,28). The molecule has 2 aromatic carbocycles. The van der Waals surface area contributed by atoms with Gasteiger partial charge in [-0.05, 0) is 23.8 Å². The Morgan fingerprint density at radius 3 is 2.54 bits per heavy atom. The zero-order valence-electron chi connectivity index (χ0n) is 15.4. The smallest absolute Gasteiger partial charge is 0.242 e. The van der Waals surface area contributed by atoms with Crippen LogP contribution in [0.25, 0.3) is 11.1 Å². The predicted octanol–water partition coefficient (Wildman–Crippen LogP) is 3.86. The van der Waals surface area contributed by atoms with Crippen LogP contribution in [0.15, 0.2) is 48.7 Å². The number of hydrogen-bond donors (Lipinski definition) is 1. The molecule has 0 aliphatic carbocycles. The SMILES string of the molecule is CN(C)c1nn(CC(=O)NCc2ccc(F)cc2F)cc1-c1ccc(Cl)cc1. The van der Waals surface area contributed by atoms with E-state index in [0.29, 0.717) is 10.8 Å². The first-order valence-electron chi connectivity index (χ1n) is 8.55. The van der Waals surface area contributed by atoms with Gasteiger partial charge >= 0.3 is 0 Å². The van der Waals surface area contributed by atoms with Crippen molar-refractivity contribution < 1.29 is 13.6 Å². The molecule has 146 valence electrons. The van der Waals surface area contributed by atoms with E-state index in [1.807, 2.05) is 31.1 Å². The highest BCUT2D eigenvalue weighted by Gasteiger charge is 2.15. The molecule has 0 saturated carbocycles. The summed E-state index contributed by atoms with van der Waals surface area (Å²) < 4.78 is 28.1. The van der Waals surface area contributed by atoms with Crippen molar-refractivity contribution >= 4 is 23.3 Å². The Balaban J connectivity index is 1.72. The highest BCUT2D eigenvalue weighted by atomic mass is 35.5. The van der Waals surface area contributed by atoms with Crippen LogP contribution < -0.4 is 10.2 Å². The van der Waals surface area contributed by atoms with E-state index in [-0.39, 0.29) is 24.6 Å². The lowest BCUT2D eigenvalue weighted by Gasteiger charge is -2.11. The number of nitrogens with one attached hydrogen (secondary N) is 1. The largest absolute Gasteiger partial charge is 0.361 e. The fourth-order valence-electron chi connectivity index (χ4n) is 2.72. The van der Waals surface area contributed by atoms with E-state index >= 15 is 0 Å². The second-order valence-electron chi connectivity index (χ2n) is 6.48. The van der Waals surface area contributed by atoms with Gasteiger partial charge in [0, 0.05) is 49.1 Å². The van der Waals surface area contributed by atoms with Crippen LogP contribution in [0, 0.1) is 11.6 Å². The normalized spacial score (nSPS) is 10.8. The van der Waals surface area contributed by atoms with Crippen molar-refractivity contribution in [1.29, 1.82) is 0 Å². The number of aromatic nitrogens is 2. The summed E-state index contributed by atoms with van der Waals surface area (Å²) in [5, 5.41) is 7.71. The Labute approximate surface area is 166 Å². The number of nitrogens with zero attached hydrogens (tertiary/aromatic N) is 3. The number of carbonyl (C=O) groups is 1. The molecule has 28 heavy (non-hydrogen) atoms. The molecule has 0 saturated heterocycles. The minimum atomic E-state index is -0.695. The fraction of sp³-hybridized carbons (Fsp3) is 0.200. The number of carbonyl (C=O) groups excluding carboxylic acids is 1. The van der Waals surface area contributed by atoms with Crippen LogP contribution in [-0.2, 0) is 17.9 Å². The first-order chi connectivity index (χ1) is 13.3. The lowest BCUT2D eigenvalue weighted by Crippen LogP contribution is -2.27. The van der Waals surface area contributed by atoms with Gasteiger partial charge in [0.15, 0.2) is 5.82 Å². The number of rotatable bonds is 6. The third kappa shape index (κ3) is 4.67. The first-order valence-corrected chi connectivity index (χ1v) is 8.92. The fourth-order valence-corrected chi connectivity index (χ4v) is 2.84. The minimum absolute atomic E-state index is 0.0305. The number of anilines is 1. The zero-order valence-corrected chi connectivity index (χ0v) is 16.2. The molecule has 8 heteroatoms. The number of hydrogen-bond acceptors (Lipinski definition) is 3. The second-order valence-corrected chi connectivity index (χ2v) is 6.91. The lowest BCUT2D eigenvalue weighted by atomic mass is 10.1. The molecule has 1 aromatic heterocycles. The highest BCUT2D eigenvalue weighted by molar-refractivity contribution is 6.30. The summed E-state index contributed by atoms with van der Waals surface area (Å²) >= 11 is 5.95. The summed E-state index contributed by atoms with van der Waals surface area (Å²) in [6, 6.07) is 10.6. The van der Waals surface area contributed by atoms with Crippen molar-refractivity contribution in [2.45, 2.75) is 13.1 Å². The van der Waals surface area contributed by atoms with E-state index in [1.54, 1.807) is 18.3 Å². The third-order valence-electron chi connectivity index (χ3n) is 4.12. The molecule has 0 unspecified atom stereocenters. The minimum Gasteiger partial charge on any atom is -0.361 e. The van der Waals surface area contributed by atoms with E-state index in [9.17, 15) is 13.6 Å². The molecule has 3 aromatic rings. The Kier molecular flexibility index (Phi) is 5.94. The van der Waals surface area contributed by atoms with Gasteiger partial charge in [0.1, 0.15) is 18.2 Å². The van der Waals surface area contributed by atoms with Crippen molar-refractivity contribution in [2.24, 2.45) is 0 Å². The molecule has 1 N–H and O–H groups in total. The lowest BCUT2D eigenvalue weighted by molar-refractivity contribution is -0.122. The van der Waals surface area contributed by atoms with Crippen molar-refractivity contribution in [2.75, 3.05) is 19.0 Å². The molecule has 0 aliphatic heterocycles. The number of halogens is 3. The van der Waals surface area contributed by atoms with E-state index < -0.39 is 11.6 Å². The van der Waals surface area contributed by atoms with Gasteiger partial charge in [-0.15, -0.1) is 0 Å².